The molecule has 0 saturated heterocycles. The van der Waals surface area contributed by atoms with Gasteiger partial charge in [-0.15, -0.1) is 0 Å². The Morgan fingerprint density at radius 2 is 1.76 bits per heavy atom. The maximum absolute atomic E-state index is 13.0. The third-order valence-corrected chi connectivity index (χ3v) is 5.06. The van der Waals surface area contributed by atoms with E-state index in [-0.39, 0.29) is 18.6 Å². The number of benzene rings is 2. The molecule has 1 aromatic heterocycles. The molecule has 3 aromatic rings. The van der Waals surface area contributed by atoms with E-state index in [2.05, 4.69) is 13.8 Å². The molecule has 0 aliphatic heterocycles. The molecule has 29 heavy (non-hydrogen) atoms. The monoisotopic (exact) mass is 413 g/mol. The van der Waals surface area contributed by atoms with Crippen LogP contribution in [0.25, 0.3) is 11.0 Å². The second-order valence-electron chi connectivity index (χ2n) is 7.14. The van der Waals surface area contributed by atoms with Gasteiger partial charge in [0.15, 0.2) is 11.9 Å². The molecule has 0 N–H and O–H groups in total. The van der Waals surface area contributed by atoms with Gasteiger partial charge in [0.2, 0.25) is 5.91 Å². The Labute approximate surface area is 177 Å². The highest BCUT2D eigenvalue weighted by Crippen LogP contribution is 2.26. The molecular formula is C23H28ClN3O2. The van der Waals surface area contributed by atoms with Gasteiger partial charge in [0, 0.05) is 18.1 Å². The lowest BCUT2D eigenvalue weighted by molar-refractivity contribution is -0.131. The van der Waals surface area contributed by atoms with Crippen LogP contribution in [0.15, 0.2) is 48.5 Å². The Morgan fingerprint density at radius 3 is 2.41 bits per heavy atom. The highest BCUT2D eigenvalue weighted by molar-refractivity contribution is 6.30. The van der Waals surface area contributed by atoms with Gasteiger partial charge >= 0.3 is 0 Å². The maximum Gasteiger partial charge on any atom is 0.242 e. The van der Waals surface area contributed by atoms with Gasteiger partial charge in [-0.2, -0.15) is 0 Å². The van der Waals surface area contributed by atoms with Gasteiger partial charge in [-0.25, -0.2) is 4.98 Å². The molecule has 6 heteroatoms. The van der Waals surface area contributed by atoms with Crippen molar-refractivity contribution in [3.05, 3.63) is 59.4 Å². The van der Waals surface area contributed by atoms with E-state index < -0.39 is 0 Å². The van der Waals surface area contributed by atoms with Crippen molar-refractivity contribution in [1.82, 2.24) is 14.5 Å². The molecule has 0 spiro atoms. The molecule has 0 bridgehead atoms. The second kappa shape index (κ2) is 9.79. The summed E-state index contributed by atoms with van der Waals surface area (Å²) in [5.41, 5.74) is 1.80. The standard InChI is InChI=1S/C23H28ClN3O2/c1-4-14-26(15-5-2)22(28)16-27-21-9-7-6-8-20(21)25-23(27)17(3)29-19-12-10-18(24)11-13-19/h6-13,17H,4-5,14-16H2,1-3H3. The Hall–Kier alpha value is -2.53. The van der Waals surface area contributed by atoms with Gasteiger partial charge in [0.25, 0.3) is 0 Å². The van der Waals surface area contributed by atoms with Gasteiger partial charge in [-0.05, 0) is 56.2 Å². The molecule has 1 amide bonds. The summed E-state index contributed by atoms with van der Waals surface area (Å²) >= 11 is 5.97. The van der Waals surface area contributed by atoms with Crippen molar-refractivity contribution in [3.8, 4) is 5.75 Å². The number of nitrogens with zero attached hydrogens (tertiary/aromatic N) is 3. The minimum absolute atomic E-state index is 0.108. The summed E-state index contributed by atoms with van der Waals surface area (Å²) in [7, 11) is 0. The third-order valence-electron chi connectivity index (χ3n) is 4.81. The van der Waals surface area contributed by atoms with Crippen LogP contribution in [0.4, 0.5) is 0 Å². The number of para-hydroxylation sites is 2. The van der Waals surface area contributed by atoms with Gasteiger partial charge < -0.3 is 14.2 Å². The zero-order valence-electron chi connectivity index (χ0n) is 17.3. The van der Waals surface area contributed by atoms with E-state index in [9.17, 15) is 4.79 Å². The van der Waals surface area contributed by atoms with Crippen molar-refractivity contribution in [2.75, 3.05) is 13.1 Å². The van der Waals surface area contributed by atoms with Crippen molar-refractivity contribution in [3.63, 3.8) is 0 Å². The van der Waals surface area contributed by atoms with Crippen LogP contribution in [0, 0.1) is 0 Å². The molecule has 3 rings (SSSR count). The van der Waals surface area contributed by atoms with Crippen LogP contribution in [0.3, 0.4) is 0 Å². The van der Waals surface area contributed by atoms with Crippen molar-refractivity contribution in [2.24, 2.45) is 0 Å². The van der Waals surface area contributed by atoms with Crippen LogP contribution in [-0.4, -0.2) is 33.4 Å². The number of amides is 1. The van der Waals surface area contributed by atoms with Crippen LogP contribution in [-0.2, 0) is 11.3 Å². The summed E-state index contributed by atoms with van der Waals surface area (Å²) in [5.74, 6) is 1.56. The fourth-order valence-corrected chi connectivity index (χ4v) is 3.60. The average molecular weight is 414 g/mol. The fourth-order valence-electron chi connectivity index (χ4n) is 3.48. The number of carbonyl (C=O) groups excluding carboxylic acids is 1. The van der Waals surface area contributed by atoms with Gasteiger partial charge in [-0.3, -0.25) is 4.79 Å². The number of halogens is 1. The summed E-state index contributed by atoms with van der Waals surface area (Å²) in [4.78, 5) is 19.7. The third kappa shape index (κ3) is 5.10. The van der Waals surface area contributed by atoms with Crippen molar-refractivity contribution in [2.45, 2.75) is 46.3 Å². The summed E-state index contributed by atoms with van der Waals surface area (Å²) in [6.07, 6.45) is 1.57. The zero-order chi connectivity index (χ0) is 20.8. The lowest BCUT2D eigenvalue weighted by Crippen LogP contribution is -2.35. The van der Waals surface area contributed by atoms with Crippen LogP contribution in [0.2, 0.25) is 5.02 Å². The van der Waals surface area contributed by atoms with Crippen LogP contribution in [0.5, 0.6) is 5.75 Å². The van der Waals surface area contributed by atoms with E-state index in [0.717, 1.165) is 42.8 Å². The number of carbonyl (C=O) groups is 1. The molecule has 1 heterocycles. The number of hydrogen-bond donors (Lipinski definition) is 0. The molecule has 154 valence electrons. The topological polar surface area (TPSA) is 47.4 Å². The second-order valence-corrected chi connectivity index (χ2v) is 7.58. The highest BCUT2D eigenvalue weighted by Gasteiger charge is 2.21. The summed E-state index contributed by atoms with van der Waals surface area (Å²) in [6.45, 7) is 7.93. The summed E-state index contributed by atoms with van der Waals surface area (Å²) in [6, 6.07) is 15.1. The molecule has 0 aliphatic carbocycles. The van der Waals surface area contributed by atoms with E-state index in [4.69, 9.17) is 21.3 Å². The number of aromatic nitrogens is 2. The SMILES string of the molecule is CCCN(CCC)C(=O)Cn1c(C(C)Oc2ccc(Cl)cc2)nc2ccccc21. The Bertz CT molecular complexity index is 946. The number of imidazole rings is 1. The minimum atomic E-state index is -0.317. The van der Waals surface area contributed by atoms with Gasteiger partial charge in [-0.1, -0.05) is 37.6 Å². The first-order valence-electron chi connectivity index (χ1n) is 10.2. The predicted octanol–water partition coefficient (Wildman–Crippen LogP) is 5.48. The lowest BCUT2D eigenvalue weighted by Gasteiger charge is -2.23. The Kier molecular flexibility index (Phi) is 7.15. The molecular weight excluding hydrogens is 386 g/mol. The summed E-state index contributed by atoms with van der Waals surface area (Å²) in [5, 5.41) is 0.662. The Morgan fingerprint density at radius 1 is 1.10 bits per heavy atom. The van der Waals surface area contributed by atoms with Crippen molar-refractivity contribution >= 4 is 28.5 Å². The molecule has 5 nitrogen and oxygen atoms in total. The number of ether oxygens (including phenoxy) is 1. The lowest BCUT2D eigenvalue weighted by atomic mass is 10.3. The molecule has 2 aromatic carbocycles. The number of hydrogen-bond acceptors (Lipinski definition) is 3. The molecule has 0 saturated carbocycles. The quantitative estimate of drug-likeness (QED) is 0.466. The first-order valence-corrected chi connectivity index (χ1v) is 10.6. The van der Waals surface area contributed by atoms with Crippen molar-refractivity contribution < 1.29 is 9.53 Å². The van der Waals surface area contributed by atoms with Gasteiger partial charge in [0.05, 0.1) is 11.0 Å². The Balaban J connectivity index is 1.90. The molecule has 1 atom stereocenters. The van der Waals surface area contributed by atoms with Crippen LogP contribution >= 0.6 is 11.6 Å². The molecule has 1 unspecified atom stereocenters. The van der Waals surface area contributed by atoms with Crippen LogP contribution < -0.4 is 4.74 Å². The first kappa shape index (κ1) is 21.2. The normalized spacial score (nSPS) is 12.1. The largest absolute Gasteiger partial charge is 0.483 e. The fraction of sp³-hybridized carbons (Fsp3) is 0.391. The maximum atomic E-state index is 13.0. The smallest absolute Gasteiger partial charge is 0.242 e. The van der Waals surface area contributed by atoms with Crippen molar-refractivity contribution in [1.29, 1.82) is 0 Å². The van der Waals surface area contributed by atoms with E-state index in [0.29, 0.717) is 10.8 Å². The highest BCUT2D eigenvalue weighted by atomic mass is 35.5. The van der Waals surface area contributed by atoms with E-state index in [1.807, 2.05) is 52.8 Å². The average Bonchev–Trinajstić information content (AvgIpc) is 3.08. The zero-order valence-corrected chi connectivity index (χ0v) is 18.0. The van der Waals surface area contributed by atoms with E-state index in [1.54, 1.807) is 12.1 Å². The first-order chi connectivity index (χ1) is 14.0. The summed E-state index contributed by atoms with van der Waals surface area (Å²) < 4.78 is 8.08. The molecule has 0 fully saturated rings. The van der Waals surface area contributed by atoms with E-state index in [1.165, 1.54) is 0 Å². The molecule has 0 aliphatic rings. The number of fused-ring (bicyclic) bond motifs is 1. The van der Waals surface area contributed by atoms with Gasteiger partial charge in [0.1, 0.15) is 12.3 Å². The minimum Gasteiger partial charge on any atom is -0.483 e. The van der Waals surface area contributed by atoms with Crippen LogP contribution in [0.1, 0.15) is 45.5 Å². The predicted molar refractivity (Wildman–Crippen MR) is 117 cm³/mol. The number of rotatable bonds is 9. The molecule has 0 radical (unpaired) electrons. The van der Waals surface area contributed by atoms with E-state index >= 15 is 0 Å².